The van der Waals surface area contributed by atoms with Crippen LogP contribution in [0.5, 0.6) is 0 Å². The first-order chi connectivity index (χ1) is 12.8. The van der Waals surface area contributed by atoms with Crippen molar-refractivity contribution in [2.75, 3.05) is 38.0 Å². The zero-order valence-electron chi connectivity index (χ0n) is 16.9. The Bertz CT molecular complexity index is 753. The fourth-order valence-electron chi connectivity index (χ4n) is 3.55. The summed E-state index contributed by atoms with van der Waals surface area (Å²) in [5, 5.41) is 7.11. The third-order valence-electron chi connectivity index (χ3n) is 5.22. The topological polar surface area (TPSA) is 64.0 Å². The number of rotatable bonds is 5. The van der Waals surface area contributed by atoms with Crippen LogP contribution in [0.3, 0.4) is 0 Å². The second-order valence-corrected chi connectivity index (χ2v) is 8.66. The Morgan fingerprint density at radius 2 is 1.74 bits per heavy atom. The van der Waals surface area contributed by atoms with Crippen LogP contribution < -0.4 is 15.1 Å². The molecule has 3 N–H and O–H groups in total. The monoisotopic (exact) mass is 372 g/mol. The van der Waals surface area contributed by atoms with Gasteiger partial charge in [-0.25, -0.2) is 0 Å². The molecule has 0 atom stereocenters. The molecule has 146 valence electrons. The summed E-state index contributed by atoms with van der Waals surface area (Å²) < 4.78 is 5.14. The fourth-order valence-corrected chi connectivity index (χ4v) is 3.55. The minimum absolute atomic E-state index is 0.0871. The molecule has 3 rings (SSSR count). The zero-order chi connectivity index (χ0) is 19.4. The number of hydrogen-bond donors (Lipinski definition) is 3. The van der Waals surface area contributed by atoms with Gasteiger partial charge in [-0.2, -0.15) is 0 Å². The Hall–Kier alpha value is -2.18. The van der Waals surface area contributed by atoms with Gasteiger partial charge in [-0.3, -0.25) is 4.79 Å². The number of hydrogen-bond acceptors (Lipinski definition) is 3. The van der Waals surface area contributed by atoms with Crippen molar-refractivity contribution in [3.05, 3.63) is 47.3 Å². The van der Waals surface area contributed by atoms with Gasteiger partial charge in [-0.1, -0.05) is 38.1 Å². The van der Waals surface area contributed by atoms with Crippen molar-refractivity contribution < 1.29 is 19.1 Å². The van der Waals surface area contributed by atoms with Gasteiger partial charge in [0.05, 0.1) is 0 Å². The summed E-state index contributed by atoms with van der Waals surface area (Å²) in [6.45, 7) is 14.0. The molecule has 0 aliphatic carbocycles. The van der Waals surface area contributed by atoms with Crippen LogP contribution >= 0.6 is 0 Å². The number of benzene rings is 1. The Morgan fingerprint density at radius 1 is 1.11 bits per heavy atom. The SMILES string of the molecule is Cc1cc(C[NH+]2CC[NH+](CC(=O)Nc3ccc(C(C)(C)C)cc3)CC2)no1. The first-order valence-corrected chi connectivity index (χ1v) is 9.79. The van der Waals surface area contributed by atoms with Crippen LogP contribution in [0.25, 0.3) is 0 Å². The van der Waals surface area contributed by atoms with Crippen LogP contribution in [-0.2, 0) is 16.8 Å². The van der Waals surface area contributed by atoms with Gasteiger partial charge in [0.15, 0.2) is 6.54 Å². The zero-order valence-corrected chi connectivity index (χ0v) is 16.9. The van der Waals surface area contributed by atoms with Gasteiger partial charge in [-0.15, -0.1) is 0 Å². The Labute approximate surface area is 161 Å². The van der Waals surface area contributed by atoms with E-state index in [4.69, 9.17) is 4.52 Å². The number of nitrogens with one attached hydrogen (secondary N) is 3. The third-order valence-corrected chi connectivity index (χ3v) is 5.22. The van der Waals surface area contributed by atoms with E-state index in [1.54, 1.807) is 0 Å². The third kappa shape index (κ3) is 5.65. The molecule has 0 radical (unpaired) electrons. The lowest BCUT2D eigenvalue weighted by atomic mass is 9.87. The highest BCUT2D eigenvalue weighted by Gasteiger charge is 2.25. The number of amides is 1. The van der Waals surface area contributed by atoms with Gasteiger partial charge in [0.2, 0.25) is 0 Å². The molecule has 1 saturated heterocycles. The van der Waals surface area contributed by atoms with Gasteiger partial charge in [0, 0.05) is 11.8 Å². The minimum atomic E-state index is 0.0871. The van der Waals surface area contributed by atoms with Crippen LogP contribution in [0.4, 0.5) is 5.69 Å². The average Bonchev–Trinajstić information content (AvgIpc) is 3.01. The van der Waals surface area contributed by atoms with Crippen molar-refractivity contribution in [1.82, 2.24) is 5.16 Å². The van der Waals surface area contributed by atoms with Gasteiger partial charge >= 0.3 is 0 Å². The van der Waals surface area contributed by atoms with Crippen molar-refractivity contribution >= 4 is 11.6 Å². The maximum Gasteiger partial charge on any atom is 0.279 e. The van der Waals surface area contributed by atoms with Gasteiger partial charge in [-0.05, 0) is 30.0 Å². The summed E-state index contributed by atoms with van der Waals surface area (Å²) >= 11 is 0. The number of aryl methyl sites for hydroxylation is 1. The van der Waals surface area contributed by atoms with E-state index in [1.165, 1.54) is 15.4 Å². The lowest BCUT2D eigenvalue weighted by Gasteiger charge is -2.28. The molecule has 27 heavy (non-hydrogen) atoms. The van der Waals surface area contributed by atoms with Crippen molar-refractivity contribution in [3.8, 4) is 0 Å². The van der Waals surface area contributed by atoms with Crippen molar-refractivity contribution in [1.29, 1.82) is 0 Å². The largest absolute Gasteiger partial charge is 0.361 e. The molecule has 6 heteroatoms. The van der Waals surface area contributed by atoms with E-state index in [-0.39, 0.29) is 11.3 Å². The van der Waals surface area contributed by atoms with Crippen LogP contribution in [0.2, 0.25) is 0 Å². The molecule has 1 fully saturated rings. The number of anilines is 1. The standard InChI is InChI=1S/C21H30N4O2/c1-16-13-19(23-27-16)14-24-9-11-25(12-10-24)15-20(26)22-18-7-5-17(6-8-18)21(2,3)4/h5-8,13H,9-12,14-15H2,1-4H3,(H,22,26)/p+2. The summed E-state index contributed by atoms with van der Waals surface area (Å²) in [6, 6.07) is 10.2. The van der Waals surface area contributed by atoms with E-state index >= 15 is 0 Å². The van der Waals surface area contributed by atoms with Crippen LogP contribution in [0, 0.1) is 6.92 Å². The molecule has 1 aliphatic heterocycles. The number of quaternary nitrogens is 2. The normalized spacial score (nSPS) is 20.4. The molecule has 1 aromatic carbocycles. The van der Waals surface area contributed by atoms with Crippen LogP contribution in [0.15, 0.2) is 34.9 Å². The van der Waals surface area contributed by atoms with Crippen LogP contribution in [-0.4, -0.2) is 43.8 Å². The number of carbonyl (C=O) groups is 1. The molecule has 1 aliphatic rings. The first-order valence-electron chi connectivity index (χ1n) is 9.79. The van der Waals surface area contributed by atoms with Gasteiger partial charge in [0.1, 0.15) is 44.2 Å². The predicted molar refractivity (Wildman–Crippen MR) is 105 cm³/mol. The molecule has 0 bridgehead atoms. The maximum atomic E-state index is 12.4. The number of nitrogens with zero attached hydrogens (tertiary/aromatic N) is 1. The second-order valence-electron chi connectivity index (χ2n) is 8.66. The van der Waals surface area contributed by atoms with E-state index in [1.807, 2.05) is 25.1 Å². The number of piperazine rings is 1. The van der Waals surface area contributed by atoms with E-state index in [0.29, 0.717) is 6.54 Å². The number of aromatic nitrogens is 1. The summed E-state index contributed by atoms with van der Waals surface area (Å²) in [4.78, 5) is 15.2. The quantitative estimate of drug-likeness (QED) is 0.703. The first kappa shape index (κ1) is 19.6. The lowest BCUT2D eigenvalue weighted by molar-refractivity contribution is -1.02. The minimum Gasteiger partial charge on any atom is -0.361 e. The van der Waals surface area contributed by atoms with Gasteiger partial charge in [0.25, 0.3) is 5.91 Å². The molecule has 0 saturated carbocycles. The van der Waals surface area contributed by atoms with Crippen molar-refractivity contribution in [2.24, 2.45) is 0 Å². The Kier molecular flexibility index (Phi) is 5.97. The Morgan fingerprint density at radius 3 is 2.30 bits per heavy atom. The highest BCUT2D eigenvalue weighted by atomic mass is 16.5. The maximum absolute atomic E-state index is 12.4. The summed E-state index contributed by atoms with van der Waals surface area (Å²) in [5.41, 5.74) is 3.28. The molecule has 2 heterocycles. The van der Waals surface area contributed by atoms with Crippen LogP contribution in [0.1, 0.15) is 37.8 Å². The molecular formula is C21H32N4O2+2. The summed E-state index contributed by atoms with van der Waals surface area (Å²) in [7, 11) is 0. The molecule has 6 nitrogen and oxygen atoms in total. The Balaban J connectivity index is 1.42. The van der Waals surface area contributed by atoms with E-state index < -0.39 is 0 Å². The molecule has 0 spiro atoms. The molecular weight excluding hydrogens is 340 g/mol. The highest BCUT2D eigenvalue weighted by molar-refractivity contribution is 5.91. The average molecular weight is 373 g/mol. The summed E-state index contributed by atoms with van der Waals surface area (Å²) in [5.74, 6) is 0.949. The van der Waals surface area contributed by atoms with Crippen molar-refractivity contribution in [2.45, 2.75) is 39.7 Å². The molecule has 1 aromatic heterocycles. The van der Waals surface area contributed by atoms with E-state index in [2.05, 4.69) is 43.4 Å². The lowest BCUT2D eigenvalue weighted by Crippen LogP contribution is -3.28. The molecule has 2 aromatic rings. The van der Waals surface area contributed by atoms with E-state index in [9.17, 15) is 4.79 Å². The fraction of sp³-hybridized carbons (Fsp3) is 0.524. The smallest absolute Gasteiger partial charge is 0.279 e. The highest BCUT2D eigenvalue weighted by Crippen LogP contribution is 2.23. The predicted octanol–water partition coefficient (Wildman–Crippen LogP) is 0.203. The molecule has 0 unspecified atom stereocenters. The van der Waals surface area contributed by atoms with E-state index in [0.717, 1.165) is 49.9 Å². The number of carbonyl (C=O) groups excluding carboxylic acids is 1. The molecule has 1 amide bonds. The summed E-state index contributed by atoms with van der Waals surface area (Å²) in [6.07, 6.45) is 0. The van der Waals surface area contributed by atoms with Gasteiger partial charge < -0.3 is 19.6 Å². The van der Waals surface area contributed by atoms with Crippen molar-refractivity contribution in [3.63, 3.8) is 0 Å². The second kappa shape index (κ2) is 8.23.